The molecule has 0 saturated carbocycles. The Morgan fingerprint density at radius 3 is 2.36 bits per heavy atom. The molecule has 0 aliphatic rings. The molecule has 4 aromatic rings. The van der Waals surface area contributed by atoms with E-state index >= 15 is 0 Å². The van der Waals surface area contributed by atoms with Crippen molar-refractivity contribution in [3.05, 3.63) is 71.8 Å². The normalized spacial score (nSPS) is 10.6. The first kappa shape index (κ1) is 22.3. The van der Waals surface area contributed by atoms with Gasteiger partial charge in [0.1, 0.15) is 22.6 Å². The number of nitrogens with zero attached hydrogens (tertiary/aromatic N) is 1. The largest absolute Gasteiger partial charge is 0.496 e. The summed E-state index contributed by atoms with van der Waals surface area (Å²) in [5.74, 6) is 0.877. The number of nitrogens with one attached hydrogen (secondary N) is 2. The standard InChI is InChI=1S/C25H23N3O4S/c1-4-15-8-10-16(11-9-15)24-27-18-14-17(12-13-19(18)32-24)26-25(33)28-23(29)22-20(30-2)6-5-7-21(22)31-3/h5-14H,4H2,1-3H3,(H2,26,28,29,33). The number of benzene rings is 3. The molecule has 1 heterocycles. The molecule has 7 nitrogen and oxygen atoms in total. The maximum Gasteiger partial charge on any atom is 0.264 e. The molecule has 2 N–H and O–H groups in total. The number of hydrogen-bond donors (Lipinski definition) is 2. The number of oxazole rings is 1. The van der Waals surface area contributed by atoms with Crippen molar-refractivity contribution in [2.75, 3.05) is 19.5 Å². The van der Waals surface area contributed by atoms with Crippen molar-refractivity contribution in [3.63, 3.8) is 0 Å². The van der Waals surface area contributed by atoms with Gasteiger partial charge in [0, 0.05) is 11.3 Å². The van der Waals surface area contributed by atoms with Crippen LogP contribution in [0.25, 0.3) is 22.6 Å². The highest BCUT2D eigenvalue weighted by atomic mass is 32.1. The number of fused-ring (bicyclic) bond motifs is 1. The van der Waals surface area contributed by atoms with E-state index in [9.17, 15) is 4.79 Å². The van der Waals surface area contributed by atoms with Crippen molar-refractivity contribution in [2.24, 2.45) is 0 Å². The lowest BCUT2D eigenvalue weighted by atomic mass is 10.1. The number of anilines is 1. The van der Waals surface area contributed by atoms with Crippen LogP contribution in [0.15, 0.2) is 65.1 Å². The van der Waals surface area contributed by atoms with Gasteiger partial charge in [0.05, 0.1) is 14.2 Å². The van der Waals surface area contributed by atoms with Crippen LogP contribution in [0, 0.1) is 0 Å². The predicted molar refractivity (Wildman–Crippen MR) is 132 cm³/mol. The predicted octanol–water partition coefficient (Wildman–Crippen LogP) is 5.20. The summed E-state index contributed by atoms with van der Waals surface area (Å²) in [5, 5.41) is 5.80. The van der Waals surface area contributed by atoms with Gasteiger partial charge in [-0.05, 0) is 66.7 Å². The smallest absolute Gasteiger partial charge is 0.264 e. The number of amides is 1. The van der Waals surface area contributed by atoms with Gasteiger partial charge in [-0.2, -0.15) is 0 Å². The Kier molecular flexibility index (Phi) is 6.55. The van der Waals surface area contributed by atoms with Crippen LogP contribution in [0.5, 0.6) is 11.5 Å². The number of thiocarbonyl (C=S) groups is 1. The van der Waals surface area contributed by atoms with Gasteiger partial charge < -0.3 is 19.2 Å². The van der Waals surface area contributed by atoms with E-state index in [4.69, 9.17) is 26.1 Å². The van der Waals surface area contributed by atoms with Crippen LogP contribution in [0.4, 0.5) is 5.69 Å². The number of ether oxygens (including phenoxy) is 2. The summed E-state index contributed by atoms with van der Waals surface area (Å²) in [4.78, 5) is 17.4. The van der Waals surface area contributed by atoms with Gasteiger partial charge in [0.25, 0.3) is 5.91 Å². The first-order valence-corrected chi connectivity index (χ1v) is 10.8. The maximum atomic E-state index is 12.8. The second kappa shape index (κ2) is 9.70. The van der Waals surface area contributed by atoms with Gasteiger partial charge in [-0.1, -0.05) is 25.1 Å². The second-order valence-corrected chi connectivity index (χ2v) is 7.61. The topological polar surface area (TPSA) is 85.6 Å². The van der Waals surface area contributed by atoms with Crippen molar-refractivity contribution in [1.82, 2.24) is 10.3 Å². The molecule has 1 aromatic heterocycles. The molecule has 3 aromatic carbocycles. The van der Waals surface area contributed by atoms with Crippen LogP contribution in [0.1, 0.15) is 22.8 Å². The van der Waals surface area contributed by atoms with E-state index in [1.165, 1.54) is 19.8 Å². The first-order valence-electron chi connectivity index (χ1n) is 10.4. The Hall–Kier alpha value is -3.91. The molecule has 1 amide bonds. The number of methoxy groups -OCH3 is 2. The quantitative estimate of drug-likeness (QED) is 0.382. The van der Waals surface area contributed by atoms with E-state index in [0.29, 0.717) is 34.2 Å². The highest BCUT2D eigenvalue weighted by Gasteiger charge is 2.19. The van der Waals surface area contributed by atoms with Crippen molar-refractivity contribution < 1.29 is 18.7 Å². The molecule has 168 valence electrons. The summed E-state index contributed by atoms with van der Waals surface area (Å²) in [6.07, 6.45) is 0.975. The minimum absolute atomic E-state index is 0.131. The van der Waals surface area contributed by atoms with Crippen molar-refractivity contribution >= 4 is 40.0 Å². The Bertz CT molecular complexity index is 1290. The Labute approximate surface area is 196 Å². The Morgan fingerprint density at radius 1 is 1.03 bits per heavy atom. The molecule has 0 aliphatic carbocycles. The van der Waals surface area contributed by atoms with E-state index in [-0.39, 0.29) is 10.7 Å². The molecule has 8 heteroatoms. The zero-order valence-corrected chi connectivity index (χ0v) is 19.3. The molecule has 33 heavy (non-hydrogen) atoms. The third-order valence-corrected chi connectivity index (χ3v) is 5.34. The molecule has 0 radical (unpaired) electrons. The highest BCUT2D eigenvalue weighted by molar-refractivity contribution is 7.80. The average Bonchev–Trinajstić information content (AvgIpc) is 3.26. The third kappa shape index (κ3) is 4.80. The number of aromatic nitrogens is 1. The maximum absolute atomic E-state index is 12.8. The summed E-state index contributed by atoms with van der Waals surface area (Å²) in [7, 11) is 2.98. The summed E-state index contributed by atoms with van der Waals surface area (Å²) < 4.78 is 16.5. The molecular weight excluding hydrogens is 438 g/mol. The van der Waals surface area contributed by atoms with Crippen molar-refractivity contribution in [3.8, 4) is 23.0 Å². The monoisotopic (exact) mass is 461 g/mol. The molecule has 4 rings (SSSR count). The third-order valence-electron chi connectivity index (χ3n) is 5.14. The summed E-state index contributed by atoms with van der Waals surface area (Å²) in [6, 6.07) is 18.7. The average molecular weight is 462 g/mol. The van der Waals surface area contributed by atoms with Crippen molar-refractivity contribution in [2.45, 2.75) is 13.3 Å². The molecular formula is C25H23N3O4S. The molecule has 0 spiro atoms. The van der Waals surface area contributed by atoms with E-state index in [1.807, 2.05) is 24.3 Å². The fourth-order valence-electron chi connectivity index (χ4n) is 3.41. The SMILES string of the molecule is CCc1ccc(-c2nc3cc(NC(=S)NC(=O)c4c(OC)cccc4OC)ccc3o2)cc1. The lowest BCUT2D eigenvalue weighted by molar-refractivity contribution is 0.0971. The minimum Gasteiger partial charge on any atom is -0.496 e. The fourth-order valence-corrected chi connectivity index (χ4v) is 3.63. The van der Waals surface area contributed by atoms with E-state index in [2.05, 4.69) is 34.7 Å². The lowest BCUT2D eigenvalue weighted by Crippen LogP contribution is -2.34. The molecule has 0 unspecified atom stereocenters. The fraction of sp³-hybridized carbons (Fsp3) is 0.160. The van der Waals surface area contributed by atoms with E-state index in [0.717, 1.165) is 12.0 Å². The lowest BCUT2D eigenvalue weighted by Gasteiger charge is -2.14. The highest BCUT2D eigenvalue weighted by Crippen LogP contribution is 2.29. The van der Waals surface area contributed by atoms with Gasteiger partial charge in [0.2, 0.25) is 5.89 Å². The first-order chi connectivity index (χ1) is 16.0. The molecule has 0 saturated heterocycles. The number of carbonyl (C=O) groups is 1. The number of hydrogen-bond acceptors (Lipinski definition) is 6. The minimum atomic E-state index is -0.442. The Balaban J connectivity index is 1.50. The van der Waals surface area contributed by atoms with Crippen LogP contribution in [-0.2, 0) is 6.42 Å². The molecule has 0 bridgehead atoms. The van der Waals surface area contributed by atoms with Crippen LogP contribution in [0.2, 0.25) is 0 Å². The van der Waals surface area contributed by atoms with Gasteiger partial charge >= 0.3 is 0 Å². The number of rotatable bonds is 6. The van der Waals surface area contributed by atoms with Crippen LogP contribution in [-0.4, -0.2) is 30.2 Å². The Morgan fingerprint density at radius 2 is 1.73 bits per heavy atom. The summed E-state index contributed by atoms with van der Waals surface area (Å²) in [5.41, 5.74) is 4.42. The zero-order valence-electron chi connectivity index (χ0n) is 18.5. The second-order valence-electron chi connectivity index (χ2n) is 7.20. The van der Waals surface area contributed by atoms with Crippen LogP contribution >= 0.6 is 12.2 Å². The summed E-state index contributed by atoms with van der Waals surface area (Å²) >= 11 is 5.33. The van der Waals surface area contributed by atoms with Gasteiger partial charge in [-0.15, -0.1) is 0 Å². The molecule has 0 fully saturated rings. The molecule has 0 aliphatic heterocycles. The van der Waals surface area contributed by atoms with E-state index in [1.54, 1.807) is 24.3 Å². The molecule has 0 atom stereocenters. The number of aryl methyl sites for hydroxylation is 1. The van der Waals surface area contributed by atoms with E-state index < -0.39 is 5.91 Å². The van der Waals surface area contributed by atoms with Crippen molar-refractivity contribution in [1.29, 1.82) is 0 Å². The zero-order chi connectivity index (χ0) is 23.4. The van der Waals surface area contributed by atoms with Gasteiger partial charge in [-0.25, -0.2) is 4.98 Å². The van der Waals surface area contributed by atoms with Gasteiger partial charge in [-0.3, -0.25) is 10.1 Å². The van der Waals surface area contributed by atoms with Gasteiger partial charge in [0.15, 0.2) is 10.7 Å². The summed E-state index contributed by atoms with van der Waals surface area (Å²) in [6.45, 7) is 2.11. The van der Waals surface area contributed by atoms with Crippen LogP contribution in [0.3, 0.4) is 0 Å². The van der Waals surface area contributed by atoms with Crippen LogP contribution < -0.4 is 20.1 Å². The number of carbonyl (C=O) groups excluding carboxylic acids is 1.